The van der Waals surface area contributed by atoms with Gasteiger partial charge in [0, 0.05) is 0 Å². The first-order valence-electron chi connectivity index (χ1n) is 12.1. The van der Waals surface area contributed by atoms with Crippen LogP contribution in [0.15, 0.2) is 121 Å². The van der Waals surface area contributed by atoms with Crippen LogP contribution in [0.5, 0.6) is 0 Å². The maximum Gasteiger partial charge on any atom is 4.00 e. The van der Waals surface area contributed by atoms with Gasteiger partial charge in [-0.15, -0.1) is 63.2 Å². The molecule has 0 aromatic heterocycles. The molecule has 4 heteroatoms. The van der Waals surface area contributed by atoms with Crippen LogP contribution in [0.1, 0.15) is 13.3 Å². The second kappa shape index (κ2) is 13.2. The molecule has 0 saturated carbocycles. The van der Waals surface area contributed by atoms with Gasteiger partial charge in [-0.25, -0.2) is 0 Å². The average Bonchev–Trinajstić information content (AvgIpc) is 3.52. The van der Waals surface area contributed by atoms with Gasteiger partial charge >= 0.3 is 26.2 Å². The van der Waals surface area contributed by atoms with E-state index >= 15 is 0 Å². The van der Waals surface area contributed by atoms with Crippen molar-refractivity contribution in [1.29, 1.82) is 0 Å². The molecule has 2 bridgehead atoms. The van der Waals surface area contributed by atoms with E-state index in [1.54, 1.807) is 10.6 Å². The van der Waals surface area contributed by atoms with E-state index in [1.807, 2.05) is 0 Å². The van der Waals surface area contributed by atoms with Crippen LogP contribution in [0.25, 0.3) is 43.8 Å². The Kier molecular flexibility index (Phi) is 10.5. The van der Waals surface area contributed by atoms with Crippen LogP contribution >= 0.6 is 7.92 Å². The molecule has 0 nitrogen and oxygen atoms in total. The summed E-state index contributed by atoms with van der Waals surface area (Å²) in [5.41, 5.74) is 5.48. The smallest absolute Gasteiger partial charge is 1.00 e. The van der Waals surface area contributed by atoms with Gasteiger partial charge in [-0.2, -0.15) is 18.2 Å². The topological polar surface area (TPSA) is 0 Å². The van der Waals surface area contributed by atoms with Crippen molar-refractivity contribution < 1.29 is 51.0 Å². The zero-order chi connectivity index (χ0) is 22.9. The molecular weight excluding hydrogens is 589 g/mol. The van der Waals surface area contributed by atoms with Gasteiger partial charge in [0.1, 0.15) is 0 Å². The molecule has 0 spiro atoms. The average molecular weight is 617 g/mol. The Balaban J connectivity index is 0.000000195. The van der Waals surface area contributed by atoms with Crippen molar-refractivity contribution in [2.45, 2.75) is 13.3 Å². The van der Waals surface area contributed by atoms with Gasteiger partial charge in [0.2, 0.25) is 0 Å². The van der Waals surface area contributed by atoms with Crippen molar-refractivity contribution in [3.63, 3.8) is 0 Å². The third kappa shape index (κ3) is 5.72. The quantitative estimate of drug-likeness (QED) is 0.212. The minimum absolute atomic E-state index is 0. The van der Waals surface area contributed by atoms with Crippen LogP contribution in [0.3, 0.4) is 0 Å². The van der Waals surface area contributed by atoms with Crippen molar-refractivity contribution >= 4 is 40.1 Å². The number of fused-ring (bicyclic) bond motifs is 4. The first-order valence-corrected chi connectivity index (χ1v) is 13.6. The Morgan fingerprint density at radius 2 is 1.32 bits per heavy atom. The molecule has 6 aromatic carbocycles. The van der Waals surface area contributed by atoms with Gasteiger partial charge < -0.3 is 24.8 Å². The molecule has 0 N–H and O–H groups in total. The molecule has 1 atom stereocenters. The van der Waals surface area contributed by atoms with E-state index < -0.39 is 0 Å². The van der Waals surface area contributed by atoms with Crippen molar-refractivity contribution in [1.82, 2.24) is 0 Å². The molecule has 1 aliphatic rings. The Morgan fingerprint density at radius 1 is 0.649 bits per heavy atom. The zero-order valence-corrected chi connectivity index (χ0v) is 25.5. The SMILES string of the molecule is CCCP1c2cc3c(cccc3[cH-]2)-c2ccccc21.[Cl-].[Cl-].[Zr+4].c1ccc(-c2cccc3[cH-]ccc23)cc1. The van der Waals surface area contributed by atoms with E-state index in [0.717, 1.165) is 0 Å². The Morgan fingerprint density at radius 3 is 2.11 bits per heavy atom. The van der Waals surface area contributed by atoms with Gasteiger partial charge in [-0.3, -0.25) is 0 Å². The van der Waals surface area contributed by atoms with E-state index in [9.17, 15) is 0 Å². The van der Waals surface area contributed by atoms with Crippen LogP contribution in [-0.2, 0) is 26.2 Å². The predicted molar refractivity (Wildman–Crippen MR) is 151 cm³/mol. The first kappa shape index (κ1) is 29.5. The van der Waals surface area contributed by atoms with Gasteiger partial charge in [-0.05, 0) is 22.6 Å². The largest absolute Gasteiger partial charge is 4.00 e. The van der Waals surface area contributed by atoms with Gasteiger partial charge in [0.15, 0.2) is 0 Å². The van der Waals surface area contributed by atoms with Crippen molar-refractivity contribution in [3.8, 4) is 22.3 Å². The molecule has 6 aromatic rings. The molecule has 0 aliphatic carbocycles. The summed E-state index contributed by atoms with van der Waals surface area (Å²) in [6, 6.07) is 44.0. The van der Waals surface area contributed by atoms with Crippen molar-refractivity contribution in [2.24, 2.45) is 0 Å². The standard InChI is InChI=1S/C18H16P.C15H11.2ClH.Zr/c1-2-10-19-14-11-13-6-5-8-15(17(13)12-14)16-7-3-4-9-18(16)19;1-2-6-12(7-3-1)14-10-4-8-13-9-5-11-15(13)14;;;/h3-9,11-12H,2,10H2,1H3;1-11H;2*1H;/q2*-1;;;+4/p-2. The van der Waals surface area contributed by atoms with Gasteiger partial charge in [0.05, 0.1) is 0 Å². The minimum atomic E-state index is -0.172. The fourth-order valence-corrected chi connectivity index (χ4v) is 7.75. The predicted octanol–water partition coefficient (Wildman–Crippen LogP) is 2.61. The summed E-state index contributed by atoms with van der Waals surface area (Å²) >= 11 is 0. The summed E-state index contributed by atoms with van der Waals surface area (Å²) in [4.78, 5) is 0. The number of hydrogen-bond acceptors (Lipinski definition) is 0. The van der Waals surface area contributed by atoms with Crippen molar-refractivity contribution in [2.75, 3.05) is 6.16 Å². The third-order valence-corrected chi connectivity index (χ3v) is 9.49. The molecule has 0 fully saturated rings. The molecule has 37 heavy (non-hydrogen) atoms. The normalized spacial score (nSPS) is 12.8. The summed E-state index contributed by atoms with van der Waals surface area (Å²) < 4.78 is 0. The number of rotatable bonds is 3. The van der Waals surface area contributed by atoms with E-state index in [-0.39, 0.29) is 58.9 Å². The summed E-state index contributed by atoms with van der Waals surface area (Å²) in [5.74, 6) is 0. The van der Waals surface area contributed by atoms with Crippen LogP contribution in [0.4, 0.5) is 0 Å². The second-order valence-corrected chi connectivity index (χ2v) is 11.2. The monoisotopic (exact) mass is 614 g/mol. The maximum atomic E-state index is 2.44. The molecule has 182 valence electrons. The minimum Gasteiger partial charge on any atom is -1.00 e. The molecule has 1 heterocycles. The molecule has 1 unspecified atom stereocenters. The van der Waals surface area contributed by atoms with E-state index in [2.05, 4.69) is 128 Å². The molecule has 0 radical (unpaired) electrons. The molecule has 7 rings (SSSR count). The van der Waals surface area contributed by atoms with Crippen LogP contribution < -0.4 is 35.4 Å². The molecule has 0 amide bonds. The van der Waals surface area contributed by atoms with Gasteiger partial charge in [0.25, 0.3) is 0 Å². The Hall–Kier alpha value is -2.01. The number of benzene rings is 4. The summed E-state index contributed by atoms with van der Waals surface area (Å²) in [5, 5.41) is 8.62. The summed E-state index contributed by atoms with van der Waals surface area (Å²) in [7, 11) is -0.172. The molecular formula is C33H27Cl2PZr. The van der Waals surface area contributed by atoms with Crippen LogP contribution in [-0.4, -0.2) is 6.16 Å². The Labute approximate surface area is 252 Å². The Bertz CT molecular complexity index is 1580. The number of halogens is 2. The maximum absolute atomic E-state index is 2.44. The zero-order valence-electron chi connectivity index (χ0n) is 20.7. The fraction of sp³-hybridized carbons (Fsp3) is 0.0909. The number of hydrogen-bond donors (Lipinski definition) is 0. The molecule has 0 saturated heterocycles. The van der Waals surface area contributed by atoms with Crippen LogP contribution in [0, 0.1) is 0 Å². The van der Waals surface area contributed by atoms with E-state index in [0.29, 0.717) is 0 Å². The fourth-order valence-electron chi connectivity index (χ4n) is 5.19. The molecule has 1 aliphatic heterocycles. The van der Waals surface area contributed by atoms with Crippen molar-refractivity contribution in [3.05, 3.63) is 121 Å². The second-order valence-electron chi connectivity index (χ2n) is 8.89. The van der Waals surface area contributed by atoms with E-state index in [1.165, 1.54) is 56.4 Å². The first-order chi connectivity index (χ1) is 16.8. The third-order valence-electron chi connectivity index (χ3n) is 6.74. The summed E-state index contributed by atoms with van der Waals surface area (Å²) in [6.07, 6.45) is 2.55. The summed E-state index contributed by atoms with van der Waals surface area (Å²) in [6.45, 7) is 2.29. The van der Waals surface area contributed by atoms with E-state index in [4.69, 9.17) is 0 Å². The van der Waals surface area contributed by atoms with Gasteiger partial charge in [-0.1, -0.05) is 99.1 Å². The van der Waals surface area contributed by atoms with Crippen LogP contribution in [0.2, 0.25) is 0 Å².